The van der Waals surface area contributed by atoms with E-state index in [1.807, 2.05) is 0 Å². The molecule has 3 N–H and O–H groups in total. The highest BCUT2D eigenvalue weighted by atomic mass is 79.9. The first-order valence-corrected chi connectivity index (χ1v) is 6.44. The van der Waals surface area contributed by atoms with Crippen molar-refractivity contribution in [2.45, 2.75) is 13.5 Å². The quantitative estimate of drug-likeness (QED) is 0.286. The number of benzene rings is 1. The van der Waals surface area contributed by atoms with Crippen LogP contribution in [0.1, 0.15) is 12.5 Å². The Kier molecular flexibility index (Phi) is 5.68. The first kappa shape index (κ1) is 15.8. The van der Waals surface area contributed by atoms with Crippen molar-refractivity contribution in [3.05, 3.63) is 33.8 Å². The Morgan fingerprint density at radius 1 is 1.53 bits per heavy atom. The molecule has 0 heterocycles. The van der Waals surface area contributed by atoms with Gasteiger partial charge in [-0.25, -0.2) is 8.78 Å². The van der Waals surface area contributed by atoms with Crippen molar-refractivity contribution in [2.24, 2.45) is 16.8 Å². The molecular weight excluding hydrogens is 320 g/mol. The van der Waals surface area contributed by atoms with Gasteiger partial charge in [0, 0.05) is 24.6 Å². The molecule has 0 aromatic heterocycles. The summed E-state index contributed by atoms with van der Waals surface area (Å²) in [5.74, 6) is -1.33. The van der Waals surface area contributed by atoms with E-state index in [4.69, 9.17) is 10.9 Å². The molecular formula is C12H16BrF2N3O. The van der Waals surface area contributed by atoms with Gasteiger partial charge in [-0.15, -0.1) is 0 Å². The Morgan fingerprint density at radius 3 is 2.74 bits per heavy atom. The fourth-order valence-corrected chi connectivity index (χ4v) is 2.08. The number of hydrogen-bond acceptors (Lipinski definition) is 3. The molecule has 0 bridgehead atoms. The van der Waals surface area contributed by atoms with Crippen molar-refractivity contribution in [1.82, 2.24) is 4.90 Å². The van der Waals surface area contributed by atoms with E-state index in [9.17, 15) is 8.78 Å². The molecule has 7 heteroatoms. The molecule has 0 amide bonds. The second kappa shape index (κ2) is 6.81. The van der Waals surface area contributed by atoms with Crippen LogP contribution in [0.4, 0.5) is 8.78 Å². The van der Waals surface area contributed by atoms with E-state index in [2.05, 4.69) is 21.1 Å². The van der Waals surface area contributed by atoms with Crippen LogP contribution in [-0.2, 0) is 6.54 Å². The van der Waals surface area contributed by atoms with Crippen molar-refractivity contribution in [3.8, 4) is 0 Å². The molecule has 1 unspecified atom stereocenters. The van der Waals surface area contributed by atoms with Gasteiger partial charge >= 0.3 is 0 Å². The lowest BCUT2D eigenvalue weighted by Crippen LogP contribution is -2.32. The van der Waals surface area contributed by atoms with Crippen LogP contribution in [0.3, 0.4) is 0 Å². The smallest absolute Gasteiger partial charge is 0.144 e. The molecule has 0 saturated carbocycles. The number of rotatable bonds is 5. The van der Waals surface area contributed by atoms with Crippen molar-refractivity contribution >= 4 is 21.8 Å². The van der Waals surface area contributed by atoms with Crippen LogP contribution in [-0.4, -0.2) is 29.5 Å². The zero-order valence-electron chi connectivity index (χ0n) is 10.7. The number of halogens is 3. The van der Waals surface area contributed by atoms with E-state index < -0.39 is 11.6 Å². The van der Waals surface area contributed by atoms with E-state index in [0.717, 1.165) is 0 Å². The van der Waals surface area contributed by atoms with E-state index in [0.29, 0.717) is 6.54 Å². The number of nitrogens with two attached hydrogens (primary N) is 1. The summed E-state index contributed by atoms with van der Waals surface area (Å²) in [5, 5.41) is 11.5. The molecule has 0 saturated heterocycles. The topological polar surface area (TPSA) is 61.8 Å². The van der Waals surface area contributed by atoms with E-state index in [1.165, 1.54) is 12.1 Å². The Labute approximate surface area is 119 Å². The first-order chi connectivity index (χ1) is 8.86. The summed E-state index contributed by atoms with van der Waals surface area (Å²) >= 11 is 3.02. The van der Waals surface area contributed by atoms with Crippen LogP contribution in [0.5, 0.6) is 0 Å². The van der Waals surface area contributed by atoms with Crippen LogP contribution in [0.25, 0.3) is 0 Å². The molecule has 0 aliphatic carbocycles. The summed E-state index contributed by atoms with van der Waals surface area (Å²) in [6.07, 6.45) is 0. The summed E-state index contributed by atoms with van der Waals surface area (Å²) in [7, 11) is 1.71. The summed E-state index contributed by atoms with van der Waals surface area (Å²) in [6.45, 7) is 2.28. The number of oxime groups is 1. The lowest BCUT2D eigenvalue weighted by molar-refractivity contribution is 0.284. The Balaban J connectivity index is 2.78. The van der Waals surface area contributed by atoms with E-state index in [-0.39, 0.29) is 28.3 Å². The van der Waals surface area contributed by atoms with Crippen molar-refractivity contribution < 1.29 is 14.0 Å². The van der Waals surface area contributed by atoms with Crippen LogP contribution < -0.4 is 5.73 Å². The van der Waals surface area contributed by atoms with E-state index >= 15 is 0 Å². The average molecular weight is 336 g/mol. The number of hydrogen-bond donors (Lipinski definition) is 2. The third-order valence-corrected chi connectivity index (χ3v) is 3.39. The maximum Gasteiger partial charge on any atom is 0.144 e. The molecule has 1 rings (SSSR count). The van der Waals surface area contributed by atoms with Gasteiger partial charge in [0.25, 0.3) is 0 Å². The normalized spacial score (nSPS) is 13.9. The molecule has 19 heavy (non-hydrogen) atoms. The van der Waals surface area contributed by atoms with Crippen LogP contribution in [0, 0.1) is 17.6 Å². The van der Waals surface area contributed by atoms with Gasteiger partial charge < -0.3 is 15.8 Å². The summed E-state index contributed by atoms with van der Waals surface area (Å²) in [4.78, 5) is 1.70. The monoisotopic (exact) mass is 335 g/mol. The number of amidine groups is 1. The molecule has 0 aliphatic heterocycles. The fourth-order valence-electron chi connectivity index (χ4n) is 1.71. The minimum Gasteiger partial charge on any atom is -0.409 e. The molecule has 1 aromatic rings. The maximum absolute atomic E-state index is 13.8. The lowest BCUT2D eigenvalue weighted by Gasteiger charge is -2.21. The third kappa shape index (κ3) is 4.14. The SMILES string of the molecule is CC(CN(C)Cc1c(F)ccc(Br)c1F)/C(N)=N/O. The molecule has 0 radical (unpaired) electrons. The molecule has 0 spiro atoms. The minimum absolute atomic E-state index is 0.0106. The van der Waals surface area contributed by atoms with Crippen molar-refractivity contribution in [2.75, 3.05) is 13.6 Å². The van der Waals surface area contributed by atoms with E-state index in [1.54, 1.807) is 18.9 Å². The second-order valence-electron chi connectivity index (χ2n) is 4.44. The first-order valence-electron chi connectivity index (χ1n) is 5.65. The summed E-state index contributed by atoms with van der Waals surface area (Å²) in [5.41, 5.74) is 5.45. The lowest BCUT2D eigenvalue weighted by atomic mass is 10.1. The fraction of sp³-hybridized carbons (Fsp3) is 0.417. The van der Waals surface area contributed by atoms with Gasteiger partial charge in [0.2, 0.25) is 0 Å². The predicted octanol–water partition coefficient (Wildman–Crippen LogP) is 2.54. The highest BCUT2D eigenvalue weighted by Gasteiger charge is 2.16. The Hall–Kier alpha value is -1.21. The van der Waals surface area contributed by atoms with Crippen LogP contribution in [0.15, 0.2) is 21.8 Å². The molecule has 4 nitrogen and oxygen atoms in total. The Morgan fingerprint density at radius 2 is 2.16 bits per heavy atom. The summed E-state index contributed by atoms with van der Waals surface area (Å²) < 4.78 is 27.6. The molecule has 0 aliphatic rings. The van der Waals surface area contributed by atoms with Gasteiger partial charge in [-0.3, -0.25) is 0 Å². The van der Waals surface area contributed by atoms with Crippen LogP contribution in [0.2, 0.25) is 0 Å². The molecule has 1 aromatic carbocycles. The highest BCUT2D eigenvalue weighted by Crippen LogP contribution is 2.22. The molecule has 106 valence electrons. The third-order valence-electron chi connectivity index (χ3n) is 2.77. The second-order valence-corrected chi connectivity index (χ2v) is 5.30. The minimum atomic E-state index is -0.608. The van der Waals surface area contributed by atoms with Gasteiger partial charge in [0.05, 0.1) is 4.47 Å². The number of nitrogens with zero attached hydrogens (tertiary/aromatic N) is 2. The van der Waals surface area contributed by atoms with Gasteiger partial charge in [0.15, 0.2) is 0 Å². The largest absolute Gasteiger partial charge is 0.409 e. The Bertz CT molecular complexity index is 482. The molecule has 1 atom stereocenters. The van der Waals surface area contributed by atoms with Crippen molar-refractivity contribution in [3.63, 3.8) is 0 Å². The predicted molar refractivity (Wildman–Crippen MR) is 73.0 cm³/mol. The zero-order chi connectivity index (χ0) is 14.6. The highest BCUT2D eigenvalue weighted by molar-refractivity contribution is 9.10. The van der Waals surface area contributed by atoms with Gasteiger partial charge in [-0.2, -0.15) is 0 Å². The average Bonchev–Trinajstić information content (AvgIpc) is 2.38. The van der Waals surface area contributed by atoms with Crippen molar-refractivity contribution in [1.29, 1.82) is 0 Å². The van der Waals surface area contributed by atoms with Crippen LogP contribution >= 0.6 is 15.9 Å². The summed E-state index contributed by atoms with van der Waals surface area (Å²) in [6, 6.07) is 2.54. The van der Waals surface area contributed by atoms with Gasteiger partial charge in [0.1, 0.15) is 17.5 Å². The molecule has 0 fully saturated rings. The van der Waals surface area contributed by atoms with Gasteiger partial charge in [-0.05, 0) is 35.1 Å². The van der Waals surface area contributed by atoms with Gasteiger partial charge in [-0.1, -0.05) is 12.1 Å². The standard InChI is InChI=1S/C12H16BrF2N3O/c1-7(12(16)17-19)5-18(2)6-8-10(14)4-3-9(13)11(8)15/h3-4,7,19H,5-6H2,1-2H3,(H2,16,17). The maximum atomic E-state index is 13.8. The zero-order valence-corrected chi connectivity index (χ0v) is 12.3.